The van der Waals surface area contributed by atoms with Crippen LogP contribution >= 0.6 is 0 Å². The van der Waals surface area contributed by atoms with Crippen LogP contribution in [-0.4, -0.2) is 47.7 Å². The lowest BCUT2D eigenvalue weighted by atomic mass is 10.0. The van der Waals surface area contributed by atoms with Crippen LogP contribution in [0.1, 0.15) is 27.2 Å². The van der Waals surface area contributed by atoms with E-state index < -0.39 is 5.60 Å². The third kappa shape index (κ3) is 3.37. The monoisotopic (exact) mass is 231 g/mol. The minimum atomic E-state index is -0.855. The van der Waals surface area contributed by atoms with Crippen molar-refractivity contribution in [2.45, 2.75) is 32.8 Å². The summed E-state index contributed by atoms with van der Waals surface area (Å²) in [6, 6.07) is 0. The van der Waals surface area contributed by atoms with Crippen LogP contribution in [0.15, 0.2) is 5.16 Å². The highest BCUT2D eigenvalue weighted by Gasteiger charge is 2.34. The number of likely N-dealkylation sites (N-methyl/N-ethyl adjacent to an activating group) is 1. The summed E-state index contributed by atoms with van der Waals surface area (Å²) in [4.78, 5) is 13.6. The lowest BCUT2D eigenvalue weighted by Gasteiger charge is -2.31. The molecule has 6 nitrogen and oxygen atoms in total. The average Bonchev–Trinajstić information content (AvgIpc) is 2.33. The van der Waals surface area contributed by atoms with Gasteiger partial charge in [-0.3, -0.25) is 4.79 Å². The molecule has 0 saturated heterocycles. The van der Waals surface area contributed by atoms with Crippen molar-refractivity contribution in [3.8, 4) is 0 Å². The van der Waals surface area contributed by atoms with Crippen LogP contribution in [0.3, 0.4) is 0 Å². The first-order valence-electron chi connectivity index (χ1n) is 5.26. The highest BCUT2D eigenvalue weighted by molar-refractivity contribution is 5.90. The molecule has 0 aromatic rings. The molecule has 0 fully saturated rings. The molecular formula is C10H21N3O3. The van der Waals surface area contributed by atoms with Crippen molar-refractivity contribution in [1.82, 2.24) is 4.90 Å². The Morgan fingerprint density at radius 2 is 2.12 bits per heavy atom. The smallest absolute Gasteiger partial charge is 0.254 e. The number of amides is 1. The molecule has 0 heterocycles. The predicted octanol–water partition coefficient (Wildman–Crippen LogP) is 0.396. The Morgan fingerprint density at radius 1 is 1.56 bits per heavy atom. The molecule has 0 spiro atoms. The van der Waals surface area contributed by atoms with Gasteiger partial charge in [0.15, 0.2) is 5.84 Å². The Kier molecular flexibility index (Phi) is 5.81. The quantitative estimate of drug-likeness (QED) is 0.300. The molecule has 0 aliphatic heterocycles. The van der Waals surface area contributed by atoms with E-state index in [1.165, 1.54) is 12.0 Å². The molecule has 0 rings (SSSR count). The standard InChI is InChI=1S/C10H21N3O3/c1-5-10(3,16-4)9(14)13(6-2)7-8(11)12-15/h15H,5-7H2,1-4H3,(H2,11,12). The number of ether oxygens (including phenoxy) is 1. The van der Waals surface area contributed by atoms with E-state index in [2.05, 4.69) is 5.16 Å². The highest BCUT2D eigenvalue weighted by Crippen LogP contribution is 2.17. The first-order chi connectivity index (χ1) is 7.45. The fraction of sp³-hybridized carbons (Fsp3) is 0.800. The summed E-state index contributed by atoms with van der Waals surface area (Å²) in [7, 11) is 1.50. The van der Waals surface area contributed by atoms with E-state index in [1.807, 2.05) is 13.8 Å². The second-order valence-corrected chi connectivity index (χ2v) is 3.70. The van der Waals surface area contributed by atoms with Crippen LogP contribution in [0.4, 0.5) is 0 Å². The van der Waals surface area contributed by atoms with E-state index in [0.29, 0.717) is 13.0 Å². The number of methoxy groups -OCH3 is 1. The maximum atomic E-state index is 12.1. The van der Waals surface area contributed by atoms with Crippen LogP contribution in [0.25, 0.3) is 0 Å². The summed E-state index contributed by atoms with van der Waals surface area (Å²) >= 11 is 0. The molecule has 0 saturated carbocycles. The number of hydrogen-bond donors (Lipinski definition) is 2. The molecule has 1 unspecified atom stereocenters. The predicted molar refractivity (Wildman–Crippen MR) is 61.4 cm³/mol. The van der Waals surface area contributed by atoms with Gasteiger partial charge in [0.1, 0.15) is 5.60 Å². The van der Waals surface area contributed by atoms with Gasteiger partial charge in [0.05, 0.1) is 6.54 Å². The molecule has 16 heavy (non-hydrogen) atoms. The SMILES string of the molecule is CCN(CC(N)=NO)C(=O)C(C)(CC)OC. The lowest BCUT2D eigenvalue weighted by Crippen LogP contribution is -2.50. The van der Waals surface area contributed by atoms with Crippen molar-refractivity contribution in [2.24, 2.45) is 10.9 Å². The fourth-order valence-electron chi connectivity index (χ4n) is 1.27. The molecule has 1 atom stereocenters. The van der Waals surface area contributed by atoms with E-state index in [1.54, 1.807) is 6.92 Å². The van der Waals surface area contributed by atoms with Crippen LogP contribution < -0.4 is 5.73 Å². The number of carbonyl (C=O) groups excluding carboxylic acids is 1. The maximum absolute atomic E-state index is 12.1. The summed E-state index contributed by atoms with van der Waals surface area (Å²) in [6.07, 6.45) is 0.564. The molecule has 0 aromatic carbocycles. The van der Waals surface area contributed by atoms with E-state index in [-0.39, 0.29) is 18.3 Å². The third-order valence-electron chi connectivity index (χ3n) is 2.73. The Bertz CT molecular complexity index is 262. The number of oxime groups is 1. The molecular weight excluding hydrogens is 210 g/mol. The Morgan fingerprint density at radius 3 is 2.44 bits per heavy atom. The summed E-state index contributed by atoms with van der Waals surface area (Å²) in [6.45, 7) is 6.01. The van der Waals surface area contributed by atoms with Gasteiger partial charge in [0, 0.05) is 13.7 Å². The molecule has 94 valence electrons. The fourth-order valence-corrected chi connectivity index (χ4v) is 1.27. The molecule has 6 heteroatoms. The minimum Gasteiger partial charge on any atom is -0.409 e. The number of nitrogens with zero attached hydrogens (tertiary/aromatic N) is 2. The number of rotatable bonds is 6. The third-order valence-corrected chi connectivity index (χ3v) is 2.73. The van der Waals surface area contributed by atoms with Crippen LogP contribution in [0.2, 0.25) is 0 Å². The molecule has 0 bridgehead atoms. The lowest BCUT2D eigenvalue weighted by molar-refractivity contribution is -0.152. The number of hydrogen-bond acceptors (Lipinski definition) is 4. The van der Waals surface area contributed by atoms with Gasteiger partial charge >= 0.3 is 0 Å². The summed E-state index contributed by atoms with van der Waals surface area (Å²) < 4.78 is 5.21. The average molecular weight is 231 g/mol. The van der Waals surface area contributed by atoms with E-state index in [0.717, 1.165) is 0 Å². The van der Waals surface area contributed by atoms with Crippen molar-refractivity contribution in [3.63, 3.8) is 0 Å². The minimum absolute atomic E-state index is 0.00440. The van der Waals surface area contributed by atoms with E-state index in [9.17, 15) is 4.79 Å². The van der Waals surface area contributed by atoms with Gasteiger partial charge in [-0.15, -0.1) is 0 Å². The summed E-state index contributed by atoms with van der Waals surface area (Å²) in [5.74, 6) is -0.156. The largest absolute Gasteiger partial charge is 0.409 e. The molecule has 0 aliphatic rings. The highest BCUT2D eigenvalue weighted by atomic mass is 16.5. The molecule has 0 aromatic heterocycles. The Balaban J connectivity index is 4.77. The zero-order valence-corrected chi connectivity index (χ0v) is 10.4. The second kappa shape index (κ2) is 6.32. The van der Waals surface area contributed by atoms with Gasteiger partial charge in [-0.1, -0.05) is 12.1 Å². The topological polar surface area (TPSA) is 88.1 Å². The summed E-state index contributed by atoms with van der Waals surface area (Å²) in [5, 5.41) is 11.3. The van der Waals surface area contributed by atoms with Crippen molar-refractivity contribution in [3.05, 3.63) is 0 Å². The van der Waals surface area contributed by atoms with Gasteiger partial charge < -0.3 is 20.6 Å². The summed E-state index contributed by atoms with van der Waals surface area (Å²) in [5.41, 5.74) is 4.52. The zero-order chi connectivity index (χ0) is 12.8. The van der Waals surface area contributed by atoms with Crippen molar-refractivity contribution in [2.75, 3.05) is 20.2 Å². The van der Waals surface area contributed by atoms with Crippen LogP contribution in [0.5, 0.6) is 0 Å². The Hall–Kier alpha value is -1.30. The van der Waals surface area contributed by atoms with Gasteiger partial charge in [0.2, 0.25) is 0 Å². The molecule has 0 radical (unpaired) electrons. The van der Waals surface area contributed by atoms with Gasteiger partial charge in [0.25, 0.3) is 5.91 Å². The van der Waals surface area contributed by atoms with Gasteiger partial charge in [-0.05, 0) is 20.3 Å². The number of nitrogens with two attached hydrogens (primary N) is 1. The first-order valence-corrected chi connectivity index (χ1v) is 5.26. The van der Waals surface area contributed by atoms with Crippen LogP contribution in [0, 0.1) is 0 Å². The molecule has 1 amide bonds. The Labute approximate surface area is 96.0 Å². The van der Waals surface area contributed by atoms with Crippen molar-refractivity contribution >= 4 is 11.7 Å². The maximum Gasteiger partial charge on any atom is 0.254 e. The molecule has 0 aliphatic carbocycles. The van der Waals surface area contributed by atoms with E-state index >= 15 is 0 Å². The normalized spacial score (nSPS) is 15.6. The molecule has 3 N–H and O–H groups in total. The van der Waals surface area contributed by atoms with Gasteiger partial charge in [-0.25, -0.2) is 0 Å². The van der Waals surface area contributed by atoms with Crippen molar-refractivity contribution in [1.29, 1.82) is 0 Å². The first kappa shape index (κ1) is 14.7. The number of amidine groups is 1. The number of carbonyl (C=O) groups is 1. The van der Waals surface area contributed by atoms with Crippen LogP contribution in [-0.2, 0) is 9.53 Å². The zero-order valence-electron chi connectivity index (χ0n) is 10.4. The van der Waals surface area contributed by atoms with Gasteiger partial charge in [-0.2, -0.15) is 0 Å². The van der Waals surface area contributed by atoms with E-state index in [4.69, 9.17) is 15.7 Å². The van der Waals surface area contributed by atoms with Crippen molar-refractivity contribution < 1.29 is 14.7 Å². The second-order valence-electron chi connectivity index (χ2n) is 3.70.